The van der Waals surface area contributed by atoms with Crippen molar-refractivity contribution in [3.63, 3.8) is 0 Å². The third kappa shape index (κ3) is 3.81. The molecule has 0 heterocycles. The number of aliphatic hydroxyl groups excluding tert-OH is 2. The summed E-state index contributed by atoms with van der Waals surface area (Å²) >= 11 is 0. The van der Waals surface area contributed by atoms with E-state index in [1.165, 1.54) is 20.3 Å². The molecule has 0 aliphatic carbocycles. The van der Waals surface area contributed by atoms with Crippen molar-refractivity contribution in [2.45, 2.75) is 31.8 Å². The molecule has 0 saturated heterocycles. The molecule has 2 unspecified atom stereocenters. The molecule has 0 aromatic heterocycles. The maximum atomic E-state index is 14.1. The molecule has 0 fully saturated rings. The maximum absolute atomic E-state index is 14.1. The van der Waals surface area contributed by atoms with E-state index in [1.807, 2.05) is 6.92 Å². The monoisotopic (exact) mass is 272 g/mol. The summed E-state index contributed by atoms with van der Waals surface area (Å²) in [5.74, 6) is 0.216. The van der Waals surface area contributed by atoms with Gasteiger partial charge in [0.25, 0.3) is 0 Å². The van der Waals surface area contributed by atoms with Gasteiger partial charge in [-0.15, -0.1) is 0 Å². The van der Waals surface area contributed by atoms with E-state index in [4.69, 9.17) is 14.6 Å². The van der Waals surface area contributed by atoms with E-state index in [2.05, 4.69) is 0 Å². The summed E-state index contributed by atoms with van der Waals surface area (Å²) < 4.78 is 24.3. The Hall–Kier alpha value is -1.33. The fourth-order valence-corrected chi connectivity index (χ4v) is 2.10. The second kappa shape index (κ2) is 7.31. The zero-order chi connectivity index (χ0) is 14.4. The molecule has 4 nitrogen and oxygen atoms in total. The summed E-state index contributed by atoms with van der Waals surface area (Å²) in [4.78, 5) is 0. The normalized spacial score (nSPS) is 14.0. The lowest BCUT2D eigenvalue weighted by Gasteiger charge is -2.20. The lowest BCUT2D eigenvalue weighted by Crippen LogP contribution is -2.17. The number of aliphatic hydroxyl groups is 2. The molecule has 108 valence electrons. The molecule has 1 rings (SSSR count). The quantitative estimate of drug-likeness (QED) is 0.798. The van der Waals surface area contributed by atoms with Gasteiger partial charge >= 0.3 is 0 Å². The van der Waals surface area contributed by atoms with Crippen molar-refractivity contribution in [3.05, 3.63) is 23.5 Å². The van der Waals surface area contributed by atoms with Gasteiger partial charge < -0.3 is 19.7 Å². The lowest BCUT2D eigenvalue weighted by molar-refractivity contribution is 0.0814. The first-order valence-corrected chi connectivity index (χ1v) is 6.27. The van der Waals surface area contributed by atoms with Crippen LogP contribution in [-0.4, -0.2) is 37.1 Å². The number of methoxy groups -OCH3 is 2. The Balaban J connectivity index is 3.09. The van der Waals surface area contributed by atoms with Gasteiger partial charge in [-0.2, -0.15) is 0 Å². The van der Waals surface area contributed by atoms with Crippen LogP contribution in [0, 0.1) is 5.82 Å². The molecule has 1 aromatic carbocycles. The number of rotatable bonds is 7. The van der Waals surface area contributed by atoms with Gasteiger partial charge in [0, 0.05) is 6.07 Å². The number of ether oxygens (including phenoxy) is 2. The lowest BCUT2D eigenvalue weighted by atomic mass is 9.90. The summed E-state index contributed by atoms with van der Waals surface area (Å²) in [7, 11) is 2.94. The van der Waals surface area contributed by atoms with Gasteiger partial charge in [-0.05, 0) is 30.4 Å². The molecule has 0 aliphatic rings. The predicted octanol–water partition coefficient (Wildman–Crippen LogP) is 2.08. The number of hydrogen-bond donors (Lipinski definition) is 2. The van der Waals surface area contributed by atoms with E-state index in [0.29, 0.717) is 29.9 Å². The van der Waals surface area contributed by atoms with Crippen LogP contribution in [0.2, 0.25) is 0 Å². The highest BCUT2D eigenvalue weighted by Crippen LogP contribution is 2.35. The molecule has 0 amide bonds. The summed E-state index contributed by atoms with van der Waals surface area (Å²) in [6, 6.07) is 2.87. The topological polar surface area (TPSA) is 58.9 Å². The van der Waals surface area contributed by atoms with Crippen molar-refractivity contribution < 1.29 is 24.1 Å². The van der Waals surface area contributed by atoms with Crippen LogP contribution >= 0.6 is 0 Å². The van der Waals surface area contributed by atoms with Crippen molar-refractivity contribution in [2.75, 3.05) is 20.8 Å². The Bertz CT molecular complexity index is 409. The molecule has 19 heavy (non-hydrogen) atoms. The first-order chi connectivity index (χ1) is 9.07. The van der Waals surface area contributed by atoms with E-state index in [9.17, 15) is 9.50 Å². The molecular formula is C14H21FO4. The SMILES string of the molecule is CCC(CC(O)CO)c1cc(OC)c(OC)cc1F. The maximum Gasteiger partial charge on any atom is 0.163 e. The van der Waals surface area contributed by atoms with E-state index < -0.39 is 11.9 Å². The fraction of sp³-hybridized carbons (Fsp3) is 0.571. The minimum atomic E-state index is -0.850. The van der Waals surface area contributed by atoms with Gasteiger partial charge in [-0.3, -0.25) is 0 Å². The summed E-state index contributed by atoms with van der Waals surface area (Å²) in [5.41, 5.74) is 0.465. The van der Waals surface area contributed by atoms with Crippen molar-refractivity contribution in [3.8, 4) is 11.5 Å². The van der Waals surface area contributed by atoms with E-state index in [0.717, 1.165) is 0 Å². The number of hydrogen-bond acceptors (Lipinski definition) is 4. The zero-order valence-corrected chi connectivity index (χ0v) is 11.5. The van der Waals surface area contributed by atoms with Gasteiger partial charge in [0.05, 0.1) is 26.9 Å². The van der Waals surface area contributed by atoms with Crippen LogP contribution in [0.15, 0.2) is 12.1 Å². The number of halogens is 1. The van der Waals surface area contributed by atoms with Gasteiger partial charge in [0.15, 0.2) is 11.5 Å². The summed E-state index contributed by atoms with van der Waals surface area (Å²) in [6.07, 6.45) is 0.112. The van der Waals surface area contributed by atoms with Crippen LogP contribution in [-0.2, 0) is 0 Å². The minimum Gasteiger partial charge on any atom is -0.493 e. The van der Waals surface area contributed by atoms with Crippen molar-refractivity contribution >= 4 is 0 Å². The molecule has 1 aromatic rings. The molecule has 5 heteroatoms. The molecule has 2 atom stereocenters. The van der Waals surface area contributed by atoms with Crippen LogP contribution in [0.25, 0.3) is 0 Å². The van der Waals surface area contributed by atoms with Gasteiger partial charge in [-0.1, -0.05) is 6.92 Å². The molecule has 0 bridgehead atoms. The van der Waals surface area contributed by atoms with Crippen molar-refractivity contribution in [2.24, 2.45) is 0 Å². The molecule has 2 N–H and O–H groups in total. The average Bonchev–Trinajstić information content (AvgIpc) is 2.44. The Morgan fingerprint density at radius 3 is 2.26 bits per heavy atom. The van der Waals surface area contributed by atoms with E-state index in [1.54, 1.807) is 6.07 Å². The standard InChI is InChI=1S/C14H21FO4/c1-4-9(5-10(17)8-16)11-6-13(18-2)14(19-3)7-12(11)15/h6-7,9-10,16-17H,4-5,8H2,1-3H3. The first kappa shape index (κ1) is 15.7. The van der Waals surface area contributed by atoms with Crippen LogP contribution in [0.1, 0.15) is 31.2 Å². The van der Waals surface area contributed by atoms with Gasteiger partial charge in [0.2, 0.25) is 0 Å². The molecule has 0 spiro atoms. The average molecular weight is 272 g/mol. The van der Waals surface area contributed by atoms with Crippen molar-refractivity contribution in [1.82, 2.24) is 0 Å². The van der Waals surface area contributed by atoms with Crippen LogP contribution < -0.4 is 9.47 Å². The van der Waals surface area contributed by atoms with Gasteiger partial charge in [-0.25, -0.2) is 4.39 Å². The largest absolute Gasteiger partial charge is 0.493 e. The minimum absolute atomic E-state index is 0.179. The van der Waals surface area contributed by atoms with Crippen LogP contribution in [0.3, 0.4) is 0 Å². The fourth-order valence-electron chi connectivity index (χ4n) is 2.10. The van der Waals surface area contributed by atoms with Crippen LogP contribution in [0.4, 0.5) is 4.39 Å². The third-order valence-corrected chi connectivity index (χ3v) is 3.20. The predicted molar refractivity (Wildman–Crippen MR) is 70.2 cm³/mol. The Morgan fingerprint density at radius 2 is 1.79 bits per heavy atom. The highest BCUT2D eigenvalue weighted by atomic mass is 19.1. The molecular weight excluding hydrogens is 251 g/mol. The van der Waals surface area contributed by atoms with Crippen molar-refractivity contribution in [1.29, 1.82) is 0 Å². The second-order valence-corrected chi connectivity index (χ2v) is 4.41. The Labute approximate surface area is 112 Å². The molecule has 0 saturated carbocycles. The van der Waals surface area contributed by atoms with E-state index in [-0.39, 0.29) is 12.5 Å². The van der Waals surface area contributed by atoms with E-state index >= 15 is 0 Å². The van der Waals surface area contributed by atoms with Gasteiger partial charge in [0.1, 0.15) is 5.82 Å². The molecule has 0 aliphatic heterocycles. The first-order valence-electron chi connectivity index (χ1n) is 6.27. The summed E-state index contributed by atoms with van der Waals surface area (Å²) in [6.45, 7) is 1.58. The number of benzene rings is 1. The highest BCUT2D eigenvalue weighted by molar-refractivity contribution is 5.44. The summed E-state index contributed by atoms with van der Waals surface area (Å²) in [5, 5.41) is 18.4. The smallest absolute Gasteiger partial charge is 0.163 e. The Kier molecular flexibility index (Phi) is 6.05. The third-order valence-electron chi connectivity index (χ3n) is 3.20. The zero-order valence-electron chi connectivity index (χ0n) is 11.5. The second-order valence-electron chi connectivity index (χ2n) is 4.41. The Morgan fingerprint density at radius 1 is 1.21 bits per heavy atom. The van der Waals surface area contributed by atoms with Crippen LogP contribution in [0.5, 0.6) is 11.5 Å². The highest BCUT2D eigenvalue weighted by Gasteiger charge is 2.20. The molecule has 0 radical (unpaired) electrons.